The number of hydrogen-bond donors (Lipinski definition) is 4. The second kappa shape index (κ2) is 33.2. The van der Waals surface area contributed by atoms with Gasteiger partial charge in [0.05, 0.1) is 65.8 Å². The average Bonchev–Trinajstić information content (AvgIpc) is 1.57. The number of ether oxygens (including phenoxy) is 3. The van der Waals surface area contributed by atoms with Gasteiger partial charge in [-0.05, 0) is 123 Å². The van der Waals surface area contributed by atoms with E-state index >= 15 is 13.2 Å². The van der Waals surface area contributed by atoms with Crippen LogP contribution in [-0.4, -0.2) is 127 Å². The van der Waals surface area contributed by atoms with Gasteiger partial charge in [-0.2, -0.15) is 15.3 Å². The third-order valence-electron chi connectivity index (χ3n) is 19.0. The van der Waals surface area contributed by atoms with E-state index in [1.165, 1.54) is 92.3 Å². The molecular formula is C83H71ClF3N17O10S. The molecule has 0 bridgehead atoms. The van der Waals surface area contributed by atoms with Crippen LogP contribution < -0.4 is 16.0 Å². The lowest BCUT2D eigenvalue weighted by molar-refractivity contribution is -0.117. The summed E-state index contributed by atoms with van der Waals surface area (Å²) in [6, 6.07) is 46.7. The first-order chi connectivity index (χ1) is 55.5. The number of nitrogen functional groups attached to an aromatic ring is 1. The topological polar surface area (TPSA) is 343 Å². The molecule has 2 saturated carbocycles. The summed E-state index contributed by atoms with van der Waals surface area (Å²) in [7, 11) is 1.12. The number of benzene rings is 6. The highest BCUT2D eigenvalue weighted by atomic mass is 35.5. The molecule has 17 rings (SSSR count). The van der Waals surface area contributed by atoms with Gasteiger partial charge in [-0.3, -0.25) is 14.3 Å². The molecule has 27 nitrogen and oxygen atoms in total. The Balaban J connectivity index is 0.000000144. The lowest BCUT2D eigenvalue weighted by atomic mass is 10.0. The second-order valence-corrected chi connectivity index (χ2v) is 29.0. The van der Waals surface area contributed by atoms with Gasteiger partial charge in [-0.1, -0.05) is 103 Å². The van der Waals surface area contributed by atoms with Gasteiger partial charge in [0, 0.05) is 112 Å². The Labute approximate surface area is 659 Å². The number of H-pyrrole nitrogens is 2. The molecule has 0 saturated heterocycles. The Morgan fingerprint density at radius 1 is 0.565 bits per heavy atom. The first kappa shape index (κ1) is 77.8. The highest BCUT2D eigenvalue weighted by molar-refractivity contribution is 7.90. The molecule has 9 heterocycles. The van der Waals surface area contributed by atoms with E-state index in [1.807, 2.05) is 65.6 Å². The zero-order valence-electron chi connectivity index (χ0n) is 62.4. The maximum atomic E-state index is 16.7. The fourth-order valence-corrected chi connectivity index (χ4v) is 14.7. The molecule has 0 radical (unpaired) electrons. The number of nitrogens with zero attached hydrogens (tertiary/aromatic N) is 13. The summed E-state index contributed by atoms with van der Waals surface area (Å²) in [4.78, 5) is 89.1. The number of nitrogens with two attached hydrogens (primary N) is 1. The number of aromatic amines is 2. The van der Waals surface area contributed by atoms with Crippen molar-refractivity contribution < 1.29 is 59.8 Å². The number of esters is 3. The smallest absolute Gasteiger partial charge is 0.340 e. The summed E-state index contributed by atoms with van der Waals surface area (Å²) in [5.41, 5.74) is 12.1. The lowest BCUT2D eigenvalue weighted by Crippen LogP contribution is -2.25. The maximum absolute atomic E-state index is 16.7. The van der Waals surface area contributed by atoms with E-state index in [0.29, 0.717) is 86.0 Å². The zero-order chi connectivity index (χ0) is 80.9. The summed E-state index contributed by atoms with van der Waals surface area (Å²) in [6.45, 7) is 4.09. The van der Waals surface area contributed by atoms with Crippen molar-refractivity contribution in [2.24, 2.45) is 18.9 Å². The minimum Gasteiger partial charge on any atom is -0.465 e. The number of carbonyl (C=O) groups is 5. The molecule has 115 heavy (non-hydrogen) atoms. The number of amides is 1. The van der Waals surface area contributed by atoms with E-state index in [-0.39, 0.29) is 89.7 Å². The van der Waals surface area contributed by atoms with Crippen LogP contribution in [0, 0.1) is 43.1 Å². The number of nitrogens with one attached hydrogen (secondary N) is 3. The first-order valence-corrected chi connectivity index (χ1v) is 37.7. The van der Waals surface area contributed by atoms with Crippen LogP contribution in [-0.2, 0) is 54.0 Å². The fourth-order valence-electron chi connectivity index (χ4n) is 12.9. The van der Waals surface area contributed by atoms with Crippen molar-refractivity contribution in [2.75, 3.05) is 37.3 Å². The molecule has 0 spiro atoms. The van der Waals surface area contributed by atoms with Gasteiger partial charge in [0.15, 0.2) is 23.3 Å². The second-order valence-electron chi connectivity index (χ2n) is 26.9. The highest BCUT2D eigenvalue weighted by Gasteiger charge is 2.34. The van der Waals surface area contributed by atoms with Gasteiger partial charge in [0.1, 0.15) is 52.8 Å². The van der Waals surface area contributed by atoms with Crippen LogP contribution in [0.1, 0.15) is 79.5 Å². The lowest BCUT2D eigenvalue weighted by Gasteiger charge is -2.26. The van der Waals surface area contributed by atoms with Crippen LogP contribution in [0.4, 0.5) is 30.6 Å². The van der Waals surface area contributed by atoms with Crippen LogP contribution in [0.25, 0.3) is 89.0 Å². The van der Waals surface area contributed by atoms with Crippen LogP contribution in [0.15, 0.2) is 212 Å². The van der Waals surface area contributed by atoms with Crippen LogP contribution in [0.2, 0.25) is 0 Å². The predicted octanol–water partition coefficient (Wildman–Crippen LogP) is 14.7. The number of carbonyl (C=O) groups excluding carboxylic acids is 5. The molecule has 2 fully saturated rings. The predicted molar refractivity (Wildman–Crippen MR) is 425 cm³/mol. The molecule has 15 aromatic rings. The number of pyridine rings is 3. The van der Waals surface area contributed by atoms with E-state index in [2.05, 4.69) is 50.5 Å². The normalized spacial score (nSPS) is 12.4. The Bertz CT molecular complexity index is 6300. The number of halogens is 4. The largest absolute Gasteiger partial charge is 0.465 e. The van der Waals surface area contributed by atoms with Gasteiger partial charge in [-0.15, -0.1) is 0 Å². The quantitative estimate of drug-likeness (QED) is 0.0332. The Hall–Kier alpha value is -13.9. The molecule has 0 aliphatic heterocycles. The van der Waals surface area contributed by atoms with Crippen LogP contribution in [0.3, 0.4) is 0 Å². The third-order valence-corrected chi connectivity index (χ3v) is 21.0. The number of aryl methyl sites for hydroxylation is 3. The van der Waals surface area contributed by atoms with Gasteiger partial charge in [0.25, 0.3) is 10.0 Å². The summed E-state index contributed by atoms with van der Waals surface area (Å²) in [6.07, 6.45) is 14.0. The van der Waals surface area contributed by atoms with E-state index < -0.39 is 45.4 Å². The molecule has 9 aromatic heterocycles. The van der Waals surface area contributed by atoms with Crippen LogP contribution >= 0.6 is 11.6 Å². The first-order valence-electron chi connectivity index (χ1n) is 35.9. The number of hydrogen-bond acceptors (Lipinski definition) is 20. The van der Waals surface area contributed by atoms with Crippen molar-refractivity contribution in [2.45, 2.75) is 57.5 Å². The molecular weight excluding hydrogens is 1520 g/mol. The number of methoxy groups -OCH3 is 3. The minimum absolute atomic E-state index is 0.0150. The van der Waals surface area contributed by atoms with E-state index in [1.54, 1.807) is 111 Å². The Morgan fingerprint density at radius 3 is 1.55 bits per heavy atom. The number of aromatic nitrogens is 14. The van der Waals surface area contributed by atoms with Gasteiger partial charge >= 0.3 is 17.9 Å². The molecule has 6 aromatic carbocycles. The van der Waals surface area contributed by atoms with Crippen molar-refractivity contribution in [3.63, 3.8) is 0 Å². The highest BCUT2D eigenvalue weighted by Crippen LogP contribution is 2.43. The van der Waals surface area contributed by atoms with Crippen molar-refractivity contribution in [1.82, 2.24) is 68.2 Å². The van der Waals surface area contributed by atoms with Gasteiger partial charge < -0.3 is 40.1 Å². The van der Waals surface area contributed by atoms with Gasteiger partial charge in [0.2, 0.25) is 11.1 Å². The number of fused-ring (bicyclic) bond motifs is 3. The van der Waals surface area contributed by atoms with Crippen molar-refractivity contribution in [1.29, 1.82) is 0 Å². The summed E-state index contributed by atoms with van der Waals surface area (Å²) in [5.74, 6) is -1.66. The molecule has 582 valence electrons. The van der Waals surface area contributed by atoms with E-state index in [4.69, 9.17) is 36.5 Å². The Morgan fingerprint density at radius 2 is 1.04 bits per heavy atom. The summed E-state index contributed by atoms with van der Waals surface area (Å²) < 4.78 is 97.2. The average molecular weight is 1590 g/mol. The summed E-state index contributed by atoms with van der Waals surface area (Å²) >= 11 is 5.04. The molecule has 0 atom stereocenters. The fraction of sp³-hybridized carbons (Fsp3) is 0.169. The Kier molecular flexibility index (Phi) is 22.4. The van der Waals surface area contributed by atoms with Crippen molar-refractivity contribution in [3.8, 4) is 56.3 Å². The van der Waals surface area contributed by atoms with E-state index in [0.717, 1.165) is 40.8 Å². The zero-order valence-corrected chi connectivity index (χ0v) is 64.0. The molecule has 2 aliphatic rings. The van der Waals surface area contributed by atoms with Gasteiger partial charge in [-0.25, -0.2) is 74.2 Å². The standard InChI is InChI=1S/C38H31FN6O4S.C23H20FN5O3.C18H15FN6O2.C4H5ClO/c1-26-41-25-44(42-26)33-20-12-19-30(35(33)39)34-21-31-32(38(46)49-2)22-40-37(36(31)45(34)50(47,48)29-17-10-5-11-18-29)43(23-27-13-6-3-7-14-27)24-28-15-8-4-9-16-28;1-29-11-13(9-26-29)14-4-3-5-15(19(14)24)18-8-16-17(23(31)32-2)10-25-21(20(16)27-18)28-22(30)12-6-7-12;1-9-22-8-25(24-9)14-5-3-4-10(15(14)19)13-6-11-12(18(26)27-2)7-21-17(20)16(11)23-13;5-4(6)3-1-2-3/h3-22,25H,23-24H2,1-2H3;3-5,8-12,27H,6-7H2,1-2H3,(H,25,28,30);3-8,23H,1-2H3,(H2,20,21);3H,1-2H2. The van der Waals surface area contributed by atoms with Crippen LogP contribution in [0.5, 0.6) is 0 Å². The summed E-state index contributed by atoms with van der Waals surface area (Å²) in [5, 5.41) is 16.4. The molecule has 5 N–H and O–H groups in total. The third kappa shape index (κ3) is 16.4. The molecule has 32 heteroatoms. The van der Waals surface area contributed by atoms with Crippen molar-refractivity contribution >= 4 is 101 Å². The maximum Gasteiger partial charge on any atom is 0.340 e. The molecule has 2 aliphatic carbocycles. The molecule has 0 unspecified atom stereocenters. The SMILES string of the molecule is COC(=O)c1cnc(N(Cc2ccccc2)Cc2ccccc2)c2c1cc(-c1cccc(-n3cnc(C)n3)c1F)n2S(=O)(=O)c1ccccc1.COC(=O)c1cnc(N)c2[nH]c(-c3cccc(-n4cnc(C)n4)c3F)cc12.COC(=O)c1cnc(NC(=O)C2CC2)c2[nH]c(-c3cccc(-c4cnn(C)c4)c3F)cc12.O=C(Cl)C1CC1. The monoisotopic (exact) mass is 1590 g/mol. The van der Waals surface area contributed by atoms with E-state index in [9.17, 15) is 32.4 Å². The van der Waals surface area contributed by atoms with Crippen molar-refractivity contribution in [3.05, 3.63) is 264 Å². The minimum atomic E-state index is -4.45. The molecule has 1 amide bonds. The number of anilines is 3. The number of rotatable bonds is 19.